The number of thiazole rings is 1. The number of carbonyl (C=O) groups is 1. The van der Waals surface area contributed by atoms with Gasteiger partial charge in [0.15, 0.2) is 0 Å². The van der Waals surface area contributed by atoms with Crippen LogP contribution in [0, 0.1) is 0 Å². The van der Waals surface area contributed by atoms with Gasteiger partial charge in [-0.3, -0.25) is 4.79 Å². The van der Waals surface area contributed by atoms with E-state index in [2.05, 4.69) is 41.4 Å². The molecule has 28 heavy (non-hydrogen) atoms. The lowest BCUT2D eigenvalue weighted by atomic mass is 10.1. The van der Waals surface area contributed by atoms with Gasteiger partial charge in [0.05, 0.1) is 15.7 Å². The molecular formula is C24H22N2OS. The first kappa shape index (κ1) is 18.4. The molecule has 0 aliphatic carbocycles. The van der Waals surface area contributed by atoms with E-state index in [0.717, 1.165) is 40.7 Å². The molecule has 4 rings (SSSR count). The molecule has 1 heterocycles. The predicted octanol–water partition coefficient (Wildman–Crippen LogP) is 5.57. The van der Waals surface area contributed by atoms with E-state index in [4.69, 9.17) is 0 Å². The third-order valence-corrected chi connectivity index (χ3v) is 5.61. The van der Waals surface area contributed by atoms with Crippen molar-refractivity contribution in [1.29, 1.82) is 0 Å². The van der Waals surface area contributed by atoms with Crippen LogP contribution < -0.4 is 0 Å². The second-order valence-electron chi connectivity index (χ2n) is 6.84. The molecule has 1 amide bonds. The number of hydrogen-bond acceptors (Lipinski definition) is 3. The quantitative estimate of drug-likeness (QED) is 0.416. The zero-order valence-electron chi connectivity index (χ0n) is 15.6. The van der Waals surface area contributed by atoms with Crippen LogP contribution in [0.3, 0.4) is 0 Å². The van der Waals surface area contributed by atoms with E-state index < -0.39 is 0 Å². The Morgan fingerprint density at radius 2 is 1.61 bits per heavy atom. The number of benzene rings is 3. The molecule has 0 aliphatic rings. The average molecular weight is 387 g/mol. The Bertz CT molecular complexity index is 1040. The van der Waals surface area contributed by atoms with Crippen LogP contribution in [-0.2, 0) is 13.0 Å². The van der Waals surface area contributed by atoms with Crippen molar-refractivity contribution in [2.75, 3.05) is 6.54 Å². The van der Waals surface area contributed by atoms with Gasteiger partial charge in [-0.2, -0.15) is 0 Å². The molecule has 4 aromatic rings. The molecule has 3 aromatic carbocycles. The number of carbonyl (C=O) groups excluding carboxylic acids is 1. The van der Waals surface area contributed by atoms with Crippen molar-refractivity contribution in [2.24, 2.45) is 0 Å². The first-order valence-electron chi connectivity index (χ1n) is 9.50. The fraction of sp³-hybridized carbons (Fsp3) is 0.167. The molecule has 1 aromatic heterocycles. The first-order chi connectivity index (χ1) is 13.8. The Morgan fingerprint density at radius 1 is 0.893 bits per heavy atom. The number of amides is 1. The maximum atomic E-state index is 13.3. The Hall–Kier alpha value is -2.98. The third-order valence-electron chi connectivity index (χ3n) is 4.82. The minimum Gasteiger partial charge on any atom is -0.334 e. The van der Waals surface area contributed by atoms with E-state index in [1.165, 1.54) is 5.56 Å². The smallest absolute Gasteiger partial charge is 0.254 e. The van der Waals surface area contributed by atoms with Gasteiger partial charge in [-0.05, 0) is 42.2 Å². The molecular weight excluding hydrogens is 364 g/mol. The van der Waals surface area contributed by atoms with Gasteiger partial charge in [0.1, 0.15) is 0 Å². The number of aryl methyl sites for hydroxylation is 1. The summed E-state index contributed by atoms with van der Waals surface area (Å²) in [6.45, 7) is 1.35. The Labute approximate surface area is 169 Å². The van der Waals surface area contributed by atoms with Crippen molar-refractivity contribution in [1.82, 2.24) is 9.88 Å². The second-order valence-corrected chi connectivity index (χ2v) is 7.72. The maximum Gasteiger partial charge on any atom is 0.254 e. The van der Waals surface area contributed by atoms with Gasteiger partial charge in [-0.1, -0.05) is 60.7 Å². The summed E-state index contributed by atoms with van der Waals surface area (Å²) in [6.07, 6.45) is 1.90. The fourth-order valence-electron chi connectivity index (χ4n) is 3.35. The van der Waals surface area contributed by atoms with Crippen molar-refractivity contribution in [2.45, 2.75) is 19.4 Å². The standard InChI is InChI=1S/C24H22N2OS/c27-24(21-13-14-22-23(16-21)28-18-25-22)26(17-20-10-5-2-6-11-20)15-7-12-19-8-3-1-4-9-19/h1-6,8-11,13-14,16,18H,7,12,15,17H2. The van der Waals surface area contributed by atoms with Gasteiger partial charge in [-0.25, -0.2) is 4.98 Å². The third kappa shape index (κ3) is 4.46. The van der Waals surface area contributed by atoms with Crippen LogP contribution >= 0.6 is 11.3 Å². The summed E-state index contributed by atoms with van der Waals surface area (Å²) in [4.78, 5) is 19.5. The molecule has 0 saturated heterocycles. The average Bonchev–Trinajstić information content (AvgIpc) is 3.22. The Balaban J connectivity index is 1.51. The number of aromatic nitrogens is 1. The molecule has 0 atom stereocenters. The number of hydrogen-bond donors (Lipinski definition) is 0. The van der Waals surface area contributed by atoms with Crippen molar-refractivity contribution in [3.8, 4) is 0 Å². The highest BCUT2D eigenvalue weighted by atomic mass is 32.1. The van der Waals surface area contributed by atoms with E-state index in [1.807, 2.05) is 52.9 Å². The highest BCUT2D eigenvalue weighted by Crippen LogP contribution is 2.21. The van der Waals surface area contributed by atoms with E-state index in [1.54, 1.807) is 11.3 Å². The van der Waals surface area contributed by atoms with Crippen LogP contribution in [0.5, 0.6) is 0 Å². The summed E-state index contributed by atoms with van der Waals surface area (Å²) in [5.74, 6) is 0.0761. The molecule has 0 aliphatic heterocycles. The number of rotatable bonds is 7. The lowest BCUT2D eigenvalue weighted by molar-refractivity contribution is 0.0741. The topological polar surface area (TPSA) is 33.2 Å². The van der Waals surface area contributed by atoms with Crippen molar-refractivity contribution in [3.05, 3.63) is 101 Å². The summed E-state index contributed by atoms with van der Waals surface area (Å²) in [5.41, 5.74) is 5.95. The molecule has 3 nitrogen and oxygen atoms in total. The Morgan fingerprint density at radius 3 is 2.36 bits per heavy atom. The van der Waals surface area contributed by atoms with Gasteiger partial charge in [0, 0.05) is 18.7 Å². The fourth-order valence-corrected chi connectivity index (χ4v) is 4.06. The SMILES string of the molecule is O=C(c1ccc2ncsc2c1)N(CCCc1ccccc1)Cc1ccccc1. The predicted molar refractivity (Wildman–Crippen MR) is 116 cm³/mol. The molecule has 0 fully saturated rings. The van der Waals surface area contributed by atoms with Gasteiger partial charge >= 0.3 is 0 Å². The van der Waals surface area contributed by atoms with Gasteiger partial charge in [0.2, 0.25) is 0 Å². The molecule has 0 saturated carbocycles. The van der Waals surface area contributed by atoms with Crippen LogP contribution in [0.2, 0.25) is 0 Å². The van der Waals surface area contributed by atoms with Crippen LogP contribution in [0.4, 0.5) is 0 Å². The molecule has 0 spiro atoms. The number of nitrogens with zero attached hydrogens (tertiary/aromatic N) is 2. The lowest BCUT2D eigenvalue weighted by Gasteiger charge is -2.23. The van der Waals surface area contributed by atoms with E-state index >= 15 is 0 Å². The zero-order chi connectivity index (χ0) is 19.2. The summed E-state index contributed by atoms with van der Waals surface area (Å²) < 4.78 is 1.05. The summed E-state index contributed by atoms with van der Waals surface area (Å²) >= 11 is 1.57. The maximum absolute atomic E-state index is 13.3. The largest absolute Gasteiger partial charge is 0.334 e. The minimum atomic E-state index is 0.0761. The highest BCUT2D eigenvalue weighted by Gasteiger charge is 2.17. The molecule has 0 bridgehead atoms. The summed E-state index contributed by atoms with van der Waals surface area (Å²) in [5, 5.41) is 0. The van der Waals surface area contributed by atoms with E-state index in [-0.39, 0.29) is 5.91 Å². The minimum absolute atomic E-state index is 0.0761. The van der Waals surface area contributed by atoms with Crippen molar-refractivity contribution >= 4 is 27.5 Å². The normalized spacial score (nSPS) is 10.9. The van der Waals surface area contributed by atoms with E-state index in [0.29, 0.717) is 6.54 Å². The van der Waals surface area contributed by atoms with Gasteiger partial charge in [-0.15, -0.1) is 11.3 Å². The van der Waals surface area contributed by atoms with E-state index in [9.17, 15) is 4.79 Å². The lowest BCUT2D eigenvalue weighted by Crippen LogP contribution is -2.31. The molecule has 0 unspecified atom stereocenters. The van der Waals surface area contributed by atoms with Crippen LogP contribution in [0.1, 0.15) is 27.9 Å². The van der Waals surface area contributed by atoms with Gasteiger partial charge in [0.25, 0.3) is 5.91 Å². The molecule has 140 valence electrons. The molecule has 4 heteroatoms. The summed E-state index contributed by atoms with van der Waals surface area (Å²) in [7, 11) is 0. The van der Waals surface area contributed by atoms with Crippen molar-refractivity contribution < 1.29 is 4.79 Å². The zero-order valence-corrected chi connectivity index (χ0v) is 16.4. The summed E-state index contributed by atoms with van der Waals surface area (Å²) in [6, 6.07) is 26.4. The monoisotopic (exact) mass is 386 g/mol. The van der Waals surface area contributed by atoms with Crippen molar-refractivity contribution in [3.63, 3.8) is 0 Å². The molecule has 0 radical (unpaired) electrons. The molecule has 0 N–H and O–H groups in total. The highest BCUT2D eigenvalue weighted by molar-refractivity contribution is 7.16. The second kappa shape index (κ2) is 8.81. The Kier molecular flexibility index (Phi) is 5.78. The van der Waals surface area contributed by atoms with Crippen LogP contribution in [-0.4, -0.2) is 22.3 Å². The van der Waals surface area contributed by atoms with Gasteiger partial charge < -0.3 is 4.90 Å². The van der Waals surface area contributed by atoms with Crippen LogP contribution in [0.25, 0.3) is 10.2 Å². The van der Waals surface area contributed by atoms with Crippen LogP contribution in [0.15, 0.2) is 84.4 Å². The number of fused-ring (bicyclic) bond motifs is 1. The first-order valence-corrected chi connectivity index (χ1v) is 10.4.